The number of nitrogens with two attached hydrogens (primary N) is 1. The van der Waals surface area contributed by atoms with Crippen LogP contribution in [0.3, 0.4) is 0 Å². The molecule has 4 N–H and O–H groups in total. The van der Waals surface area contributed by atoms with Crippen molar-refractivity contribution in [3.05, 3.63) is 45.7 Å². The van der Waals surface area contributed by atoms with E-state index in [-0.39, 0.29) is 28.2 Å². The molecule has 2 aliphatic heterocycles. The number of nitrogens with zero attached hydrogens (tertiary/aromatic N) is 4. The zero-order valence-electron chi connectivity index (χ0n) is 19.1. The zero-order valence-corrected chi connectivity index (χ0v) is 20.7. The lowest BCUT2D eigenvalue weighted by atomic mass is 10.1. The topological polar surface area (TPSA) is 109 Å². The third kappa shape index (κ3) is 5.30. The molecule has 13 heteroatoms. The molecular weight excluding hydrogens is 512 g/mol. The molecule has 2 saturated heterocycles. The van der Waals surface area contributed by atoms with Gasteiger partial charge in [0.1, 0.15) is 9.90 Å². The molecule has 0 spiro atoms. The summed E-state index contributed by atoms with van der Waals surface area (Å²) in [5.74, 6) is -0.279. The van der Waals surface area contributed by atoms with Gasteiger partial charge in [-0.05, 0) is 43.0 Å². The van der Waals surface area contributed by atoms with Crippen LogP contribution in [0.5, 0.6) is 5.75 Å². The second-order valence-electron chi connectivity index (χ2n) is 8.50. The van der Waals surface area contributed by atoms with Crippen molar-refractivity contribution in [3.63, 3.8) is 0 Å². The summed E-state index contributed by atoms with van der Waals surface area (Å²) < 4.78 is 31.3. The van der Waals surface area contributed by atoms with Gasteiger partial charge < -0.3 is 26.0 Å². The van der Waals surface area contributed by atoms with E-state index in [1.165, 1.54) is 24.0 Å². The van der Waals surface area contributed by atoms with Gasteiger partial charge in [-0.25, -0.2) is 4.98 Å². The standard InChI is InChI=1S/C23H24ClF2N7O2S/c24-15-11-28-23(31-21(15)29-17-5-9-36-19(17)20(27)34)30-16-4-3-13(10-18(16)35-22(25)26)33-8-7-32-6-1-2-14(32)12-33/h3-5,9-11,14,22H,1-2,6-8,12H2,(H2,27,34)(H2,28,29,30,31). The molecule has 1 aromatic carbocycles. The summed E-state index contributed by atoms with van der Waals surface area (Å²) in [7, 11) is 0. The fourth-order valence-corrected chi connectivity index (χ4v) is 5.43. The third-order valence-corrected chi connectivity index (χ3v) is 7.47. The second kappa shape index (κ2) is 10.4. The van der Waals surface area contributed by atoms with Gasteiger partial charge in [-0.2, -0.15) is 13.8 Å². The summed E-state index contributed by atoms with van der Waals surface area (Å²) in [5, 5.41) is 7.81. The quantitative estimate of drug-likeness (QED) is 0.382. The molecule has 1 atom stereocenters. The summed E-state index contributed by atoms with van der Waals surface area (Å²) in [5.41, 5.74) is 6.95. The minimum absolute atomic E-state index is 0.0155. The monoisotopic (exact) mass is 535 g/mol. The summed E-state index contributed by atoms with van der Waals surface area (Å²) >= 11 is 7.41. The Kier molecular flexibility index (Phi) is 7.08. The largest absolute Gasteiger partial charge is 0.433 e. The summed E-state index contributed by atoms with van der Waals surface area (Å²) in [6, 6.07) is 7.31. The zero-order chi connectivity index (χ0) is 25.2. The molecule has 2 fully saturated rings. The maximum Gasteiger partial charge on any atom is 0.387 e. The van der Waals surface area contributed by atoms with Crippen molar-refractivity contribution in [3.8, 4) is 5.75 Å². The predicted molar refractivity (Wildman–Crippen MR) is 136 cm³/mol. The minimum atomic E-state index is -3.00. The number of fused-ring (bicyclic) bond motifs is 1. The van der Waals surface area contributed by atoms with Gasteiger partial charge in [-0.3, -0.25) is 9.69 Å². The van der Waals surface area contributed by atoms with Gasteiger partial charge >= 0.3 is 6.61 Å². The van der Waals surface area contributed by atoms with Crippen molar-refractivity contribution in [2.24, 2.45) is 5.73 Å². The van der Waals surface area contributed by atoms with Gasteiger partial charge in [0.15, 0.2) is 11.6 Å². The number of carbonyl (C=O) groups is 1. The Balaban J connectivity index is 1.38. The highest BCUT2D eigenvalue weighted by Crippen LogP contribution is 2.35. The van der Waals surface area contributed by atoms with Gasteiger partial charge in [0.05, 0.1) is 17.6 Å². The number of rotatable bonds is 8. The van der Waals surface area contributed by atoms with Crippen LogP contribution in [0, 0.1) is 0 Å². The number of carbonyl (C=O) groups excluding carboxylic acids is 1. The molecule has 2 aliphatic rings. The normalized spacial score (nSPS) is 17.8. The van der Waals surface area contributed by atoms with Crippen molar-refractivity contribution in [2.45, 2.75) is 25.5 Å². The van der Waals surface area contributed by atoms with Crippen LogP contribution < -0.4 is 26.0 Å². The first-order valence-corrected chi connectivity index (χ1v) is 12.6. The van der Waals surface area contributed by atoms with Crippen LogP contribution in [0.2, 0.25) is 5.02 Å². The van der Waals surface area contributed by atoms with Crippen LogP contribution in [-0.2, 0) is 0 Å². The number of anilines is 5. The van der Waals surface area contributed by atoms with E-state index in [9.17, 15) is 13.6 Å². The van der Waals surface area contributed by atoms with E-state index in [1.807, 2.05) is 6.07 Å². The second-order valence-corrected chi connectivity index (χ2v) is 9.83. The Bertz CT molecular complexity index is 1260. The number of amides is 1. The number of halogens is 3. The molecule has 190 valence electrons. The van der Waals surface area contributed by atoms with Crippen LogP contribution in [0.4, 0.5) is 37.6 Å². The van der Waals surface area contributed by atoms with Crippen LogP contribution >= 0.6 is 22.9 Å². The van der Waals surface area contributed by atoms with Crippen LogP contribution in [-0.4, -0.2) is 59.6 Å². The average Bonchev–Trinajstić information content (AvgIpc) is 3.51. The van der Waals surface area contributed by atoms with Crippen molar-refractivity contribution in [2.75, 3.05) is 41.7 Å². The first-order valence-electron chi connectivity index (χ1n) is 11.4. The van der Waals surface area contributed by atoms with Gasteiger partial charge in [0.2, 0.25) is 5.95 Å². The lowest BCUT2D eigenvalue weighted by Gasteiger charge is -2.39. The van der Waals surface area contributed by atoms with Gasteiger partial charge in [0, 0.05) is 37.4 Å². The first kappa shape index (κ1) is 24.5. The van der Waals surface area contributed by atoms with Crippen molar-refractivity contribution in [1.82, 2.24) is 14.9 Å². The molecule has 1 unspecified atom stereocenters. The van der Waals surface area contributed by atoms with E-state index >= 15 is 0 Å². The Labute approximate surface area is 215 Å². The minimum Gasteiger partial charge on any atom is -0.433 e. The van der Waals surface area contributed by atoms with Crippen LogP contribution in [0.1, 0.15) is 22.5 Å². The number of nitrogens with one attached hydrogen (secondary N) is 2. The molecular formula is C23H24ClF2N7O2S. The molecule has 1 amide bonds. The molecule has 5 rings (SSSR count). The van der Waals surface area contributed by atoms with Crippen molar-refractivity contribution in [1.29, 1.82) is 0 Å². The maximum atomic E-state index is 13.3. The number of thiophene rings is 1. The average molecular weight is 536 g/mol. The fraction of sp³-hybridized carbons (Fsp3) is 0.348. The Morgan fingerprint density at radius 2 is 2.08 bits per heavy atom. The number of aromatic nitrogens is 2. The molecule has 0 saturated carbocycles. The van der Waals surface area contributed by atoms with Crippen molar-refractivity contribution >= 4 is 57.7 Å². The van der Waals surface area contributed by atoms with E-state index in [2.05, 4.69) is 30.4 Å². The summed E-state index contributed by atoms with van der Waals surface area (Å²) in [6.07, 6.45) is 3.70. The molecule has 3 aromatic rings. The van der Waals surface area contributed by atoms with E-state index in [4.69, 9.17) is 22.1 Å². The van der Waals surface area contributed by atoms with E-state index in [0.717, 1.165) is 38.3 Å². The van der Waals surface area contributed by atoms with E-state index in [1.54, 1.807) is 23.6 Å². The SMILES string of the molecule is NC(=O)c1sccc1Nc1nc(Nc2ccc(N3CCN4CCCC4C3)cc2OC(F)F)ncc1Cl. The smallest absolute Gasteiger partial charge is 0.387 e. The summed E-state index contributed by atoms with van der Waals surface area (Å²) in [4.78, 5) is 25.1. The molecule has 0 bridgehead atoms. The highest BCUT2D eigenvalue weighted by molar-refractivity contribution is 7.12. The lowest BCUT2D eigenvalue weighted by Crippen LogP contribution is -2.50. The van der Waals surface area contributed by atoms with Crippen molar-refractivity contribution < 1.29 is 18.3 Å². The van der Waals surface area contributed by atoms with Gasteiger partial charge in [0.25, 0.3) is 5.91 Å². The Morgan fingerprint density at radius 1 is 1.22 bits per heavy atom. The van der Waals surface area contributed by atoms with Gasteiger partial charge in [-0.15, -0.1) is 11.3 Å². The van der Waals surface area contributed by atoms with Crippen LogP contribution in [0.15, 0.2) is 35.8 Å². The number of hydrogen-bond acceptors (Lipinski definition) is 9. The molecule has 36 heavy (non-hydrogen) atoms. The highest BCUT2D eigenvalue weighted by atomic mass is 35.5. The Hall–Kier alpha value is -3.22. The number of piperazine rings is 1. The highest BCUT2D eigenvalue weighted by Gasteiger charge is 2.31. The molecule has 0 radical (unpaired) electrons. The molecule has 9 nitrogen and oxygen atoms in total. The number of primary amides is 1. The summed E-state index contributed by atoms with van der Waals surface area (Å²) in [6.45, 7) is 0.747. The fourth-order valence-electron chi connectivity index (χ4n) is 4.59. The maximum absolute atomic E-state index is 13.3. The lowest BCUT2D eigenvalue weighted by molar-refractivity contribution is -0.0493. The molecule has 4 heterocycles. The van der Waals surface area contributed by atoms with Crippen LogP contribution in [0.25, 0.3) is 0 Å². The molecule has 2 aromatic heterocycles. The number of hydrogen-bond donors (Lipinski definition) is 3. The molecule has 0 aliphatic carbocycles. The number of alkyl halides is 2. The first-order chi connectivity index (χ1) is 17.4. The predicted octanol–water partition coefficient (Wildman–Crippen LogP) is 4.66. The van der Waals surface area contributed by atoms with Gasteiger partial charge in [-0.1, -0.05) is 11.6 Å². The Morgan fingerprint density at radius 3 is 2.89 bits per heavy atom. The number of benzene rings is 1. The van der Waals surface area contributed by atoms with E-state index in [0.29, 0.717) is 16.6 Å². The third-order valence-electron chi connectivity index (χ3n) is 6.27. The number of ether oxygens (including phenoxy) is 1. The van der Waals surface area contributed by atoms with E-state index < -0.39 is 12.5 Å².